The average Bonchev–Trinajstić information content (AvgIpc) is 2.79. The van der Waals surface area contributed by atoms with E-state index in [2.05, 4.69) is 10.6 Å². The third-order valence-electron chi connectivity index (χ3n) is 4.80. The van der Waals surface area contributed by atoms with E-state index < -0.39 is 0 Å². The minimum Gasteiger partial charge on any atom is -0.494 e. The summed E-state index contributed by atoms with van der Waals surface area (Å²) < 4.78 is 5.55. The van der Waals surface area contributed by atoms with Crippen LogP contribution in [0.2, 0.25) is 0 Å². The number of carbonyl (C=O) groups is 2. The van der Waals surface area contributed by atoms with E-state index in [-0.39, 0.29) is 23.1 Å². The lowest BCUT2D eigenvalue weighted by Crippen LogP contribution is -2.34. The van der Waals surface area contributed by atoms with Crippen LogP contribution in [0.1, 0.15) is 37.9 Å². The second-order valence-corrected chi connectivity index (χ2v) is 8.73. The van der Waals surface area contributed by atoms with Gasteiger partial charge in [0.05, 0.1) is 17.9 Å². The first-order valence-corrected chi connectivity index (χ1v) is 11.5. The van der Waals surface area contributed by atoms with Gasteiger partial charge < -0.3 is 15.4 Å². The molecule has 3 rings (SSSR count). The second kappa shape index (κ2) is 11.4. The van der Waals surface area contributed by atoms with E-state index in [0.29, 0.717) is 6.61 Å². The van der Waals surface area contributed by atoms with Crippen molar-refractivity contribution in [3.05, 3.63) is 90.0 Å². The number of rotatable bonds is 9. The highest BCUT2D eigenvalue weighted by molar-refractivity contribution is 8.00. The van der Waals surface area contributed by atoms with Gasteiger partial charge >= 0.3 is 0 Å². The smallest absolute Gasteiger partial charge is 0.233 e. The lowest BCUT2D eigenvalue weighted by molar-refractivity contribution is -0.120. The minimum atomic E-state index is -0.296. The predicted molar refractivity (Wildman–Crippen MR) is 130 cm³/mol. The molecule has 0 heterocycles. The average molecular weight is 449 g/mol. The lowest BCUT2D eigenvalue weighted by atomic mass is 9.98. The van der Waals surface area contributed by atoms with Crippen LogP contribution in [0.25, 0.3) is 0 Å². The van der Waals surface area contributed by atoms with Crippen molar-refractivity contribution in [1.29, 1.82) is 0 Å². The SMILES string of the molecule is CCOc1ccc(C(NC(=O)C(C)Sc2ccc(NC(C)=O)cc2)c2ccccc2)cc1. The normalized spacial score (nSPS) is 12.5. The summed E-state index contributed by atoms with van der Waals surface area (Å²) in [6, 6.07) is 25.0. The van der Waals surface area contributed by atoms with Gasteiger partial charge in [0.25, 0.3) is 0 Å². The Bertz CT molecular complexity index is 1020. The quantitative estimate of drug-likeness (QED) is 0.428. The van der Waals surface area contributed by atoms with Crippen LogP contribution in [0.4, 0.5) is 5.69 Å². The van der Waals surface area contributed by atoms with Crippen molar-refractivity contribution in [2.75, 3.05) is 11.9 Å². The third-order valence-corrected chi connectivity index (χ3v) is 5.91. The van der Waals surface area contributed by atoms with Crippen molar-refractivity contribution in [2.24, 2.45) is 0 Å². The minimum absolute atomic E-state index is 0.0522. The van der Waals surface area contributed by atoms with Crippen LogP contribution in [0, 0.1) is 0 Å². The Kier molecular flexibility index (Phi) is 8.34. The van der Waals surface area contributed by atoms with Crippen LogP contribution in [0.5, 0.6) is 5.75 Å². The molecule has 2 amide bonds. The summed E-state index contributed by atoms with van der Waals surface area (Å²) in [6.07, 6.45) is 0. The van der Waals surface area contributed by atoms with Crippen LogP contribution >= 0.6 is 11.8 Å². The van der Waals surface area contributed by atoms with Crippen molar-refractivity contribution in [2.45, 2.75) is 37.0 Å². The van der Waals surface area contributed by atoms with E-state index >= 15 is 0 Å². The van der Waals surface area contributed by atoms with E-state index in [1.807, 2.05) is 92.7 Å². The summed E-state index contributed by atoms with van der Waals surface area (Å²) in [7, 11) is 0. The van der Waals surface area contributed by atoms with Gasteiger partial charge in [-0.05, 0) is 61.4 Å². The van der Waals surface area contributed by atoms with Crippen molar-refractivity contribution in [3.8, 4) is 5.75 Å². The van der Waals surface area contributed by atoms with Crippen LogP contribution in [0.3, 0.4) is 0 Å². The van der Waals surface area contributed by atoms with E-state index in [4.69, 9.17) is 4.74 Å². The van der Waals surface area contributed by atoms with Gasteiger partial charge in [0.15, 0.2) is 0 Å². The van der Waals surface area contributed by atoms with Gasteiger partial charge in [-0.15, -0.1) is 11.8 Å². The molecule has 0 aliphatic heterocycles. The number of ether oxygens (including phenoxy) is 1. The molecule has 0 aromatic heterocycles. The first-order valence-electron chi connectivity index (χ1n) is 10.6. The third kappa shape index (κ3) is 6.62. The molecule has 32 heavy (non-hydrogen) atoms. The summed E-state index contributed by atoms with van der Waals surface area (Å²) >= 11 is 1.48. The maximum absolute atomic E-state index is 13.1. The van der Waals surface area contributed by atoms with E-state index in [1.165, 1.54) is 18.7 Å². The summed E-state index contributed by atoms with van der Waals surface area (Å²) in [5.74, 6) is 0.643. The standard InChI is InChI=1S/C26H28N2O3S/c1-4-31-23-14-10-21(11-15-23)25(20-8-6-5-7-9-20)28-26(30)18(2)32-24-16-12-22(13-17-24)27-19(3)29/h5-18,25H,4H2,1-3H3,(H,27,29)(H,28,30). The summed E-state index contributed by atoms with van der Waals surface area (Å²) in [5.41, 5.74) is 2.74. The fourth-order valence-electron chi connectivity index (χ4n) is 3.27. The molecule has 0 spiro atoms. The van der Waals surface area contributed by atoms with Crippen LogP contribution in [-0.4, -0.2) is 23.7 Å². The van der Waals surface area contributed by atoms with Gasteiger partial charge in [0.2, 0.25) is 11.8 Å². The molecule has 5 nitrogen and oxygen atoms in total. The monoisotopic (exact) mass is 448 g/mol. The Morgan fingerprint density at radius 2 is 1.53 bits per heavy atom. The Labute approximate surface area is 193 Å². The first kappa shape index (κ1) is 23.4. The van der Waals surface area contributed by atoms with Crippen molar-refractivity contribution in [1.82, 2.24) is 5.32 Å². The molecule has 0 fully saturated rings. The van der Waals surface area contributed by atoms with Crippen LogP contribution in [-0.2, 0) is 9.59 Å². The zero-order chi connectivity index (χ0) is 22.9. The highest BCUT2D eigenvalue weighted by atomic mass is 32.2. The fraction of sp³-hybridized carbons (Fsp3) is 0.231. The molecule has 2 atom stereocenters. The second-order valence-electron chi connectivity index (χ2n) is 7.32. The molecule has 0 saturated carbocycles. The van der Waals surface area contributed by atoms with Crippen molar-refractivity contribution < 1.29 is 14.3 Å². The van der Waals surface area contributed by atoms with Gasteiger partial charge in [-0.3, -0.25) is 9.59 Å². The largest absolute Gasteiger partial charge is 0.494 e. The van der Waals surface area contributed by atoms with Gasteiger partial charge in [-0.25, -0.2) is 0 Å². The Hall–Kier alpha value is -3.25. The lowest BCUT2D eigenvalue weighted by Gasteiger charge is -2.22. The number of amides is 2. The van der Waals surface area contributed by atoms with E-state index in [9.17, 15) is 9.59 Å². The Balaban J connectivity index is 1.72. The number of nitrogens with one attached hydrogen (secondary N) is 2. The first-order chi connectivity index (χ1) is 15.5. The topological polar surface area (TPSA) is 67.4 Å². The fourth-order valence-corrected chi connectivity index (χ4v) is 4.14. The number of hydrogen-bond donors (Lipinski definition) is 2. The summed E-state index contributed by atoms with van der Waals surface area (Å²) in [4.78, 5) is 25.2. The molecule has 2 N–H and O–H groups in total. The summed E-state index contributed by atoms with van der Waals surface area (Å²) in [6.45, 7) is 5.93. The molecular formula is C26H28N2O3S. The van der Waals surface area contributed by atoms with Gasteiger partial charge in [-0.2, -0.15) is 0 Å². The maximum Gasteiger partial charge on any atom is 0.233 e. The van der Waals surface area contributed by atoms with Crippen LogP contribution < -0.4 is 15.4 Å². The summed E-state index contributed by atoms with van der Waals surface area (Å²) in [5, 5.41) is 5.65. The van der Waals surface area contributed by atoms with E-state index in [0.717, 1.165) is 27.5 Å². The number of carbonyl (C=O) groups excluding carboxylic acids is 2. The molecule has 3 aromatic carbocycles. The highest BCUT2D eigenvalue weighted by Crippen LogP contribution is 2.28. The van der Waals surface area contributed by atoms with Gasteiger partial charge in [0.1, 0.15) is 5.75 Å². The van der Waals surface area contributed by atoms with E-state index in [1.54, 1.807) is 0 Å². The molecule has 0 aliphatic carbocycles. The number of anilines is 1. The highest BCUT2D eigenvalue weighted by Gasteiger charge is 2.21. The molecule has 0 aliphatic rings. The Morgan fingerprint density at radius 1 is 0.906 bits per heavy atom. The van der Waals surface area contributed by atoms with Crippen molar-refractivity contribution >= 4 is 29.3 Å². The maximum atomic E-state index is 13.1. The number of benzene rings is 3. The number of thioether (sulfide) groups is 1. The van der Waals surface area contributed by atoms with Gasteiger partial charge in [-0.1, -0.05) is 42.5 Å². The molecule has 166 valence electrons. The molecule has 3 aromatic rings. The molecule has 0 saturated heterocycles. The van der Waals surface area contributed by atoms with Gasteiger partial charge in [0, 0.05) is 17.5 Å². The molecule has 6 heteroatoms. The number of hydrogen-bond acceptors (Lipinski definition) is 4. The zero-order valence-corrected chi connectivity index (χ0v) is 19.3. The molecule has 2 unspecified atom stereocenters. The molecular weight excluding hydrogens is 420 g/mol. The van der Waals surface area contributed by atoms with Crippen LogP contribution in [0.15, 0.2) is 83.8 Å². The zero-order valence-electron chi connectivity index (χ0n) is 18.5. The molecule has 0 bridgehead atoms. The molecule has 0 radical (unpaired) electrons. The van der Waals surface area contributed by atoms with Crippen molar-refractivity contribution in [3.63, 3.8) is 0 Å². The predicted octanol–water partition coefficient (Wildman–Crippen LogP) is 5.43. The Morgan fingerprint density at radius 3 is 2.12 bits per heavy atom.